The molecule has 2 N–H and O–H groups in total. The van der Waals surface area contributed by atoms with Crippen molar-refractivity contribution in [2.75, 3.05) is 6.54 Å². The van der Waals surface area contributed by atoms with Crippen molar-refractivity contribution in [1.82, 2.24) is 10.2 Å². The van der Waals surface area contributed by atoms with Crippen LogP contribution in [0.2, 0.25) is 0 Å². The Morgan fingerprint density at radius 1 is 1.26 bits per heavy atom. The van der Waals surface area contributed by atoms with E-state index in [1.165, 1.54) is 6.42 Å². The Morgan fingerprint density at radius 3 is 2.68 bits per heavy atom. The van der Waals surface area contributed by atoms with Gasteiger partial charge < -0.3 is 15.3 Å². The number of carbonyl (C=O) groups excluding carboxylic acids is 1. The third kappa shape index (κ3) is 3.39. The molecule has 0 aromatic carbocycles. The molecule has 19 heavy (non-hydrogen) atoms. The Balaban J connectivity index is 1.85. The van der Waals surface area contributed by atoms with Crippen LogP contribution in [0.25, 0.3) is 0 Å². The van der Waals surface area contributed by atoms with Gasteiger partial charge in [0.1, 0.15) is 0 Å². The van der Waals surface area contributed by atoms with E-state index in [1.54, 1.807) is 0 Å². The zero-order valence-corrected chi connectivity index (χ0v) is 11.6. The summed E-state index contributed by atoms with van der Waals surface area (Å²) in [6.45, 7) is 2.95. The summed E-state index contributed by atoms with van der Waals surface area (Å²) < 4.78 is 0. The third-order valence-corrected chi connectivity index (χ3v) is 4.47. The van der Waals surface area contributed by atoms with E-state index in [9.17, 15) is 9.59 Å². The molecule has 2 rings (SSSR count). The molecule has 2 aliphatic rings. The van der Waals surface area contributed by atoms with Crippen molar-refractivity contribution in [2.45, 2.75) is 64.0 Å². The predicted molar refractivity (Wildman–Crippen MR) is 71.9 cm³/mol. The van der Waals surface area contributed by atoms with E-state index >= 15 is 0 Å². The van der Waals surface area contributed by atoms with Crippen LogP contribution in [0.4, 0.5) is 4.79 Å². The maximum atomic E-state index is 12.3. The topological polar surface area (TPSA) is 69.6 Å². The van der Waals surface area contributed by atoms with Crippen LogP contribution in [0.5, 0.6) is 0 Å². The molecule has 5 nitrogen and oxygen atoms in total. The summed E-state index contributed by atoms with van der Waals surface area (Å²) in [5.74, 6) is -1.02. The molecule has 2 amide bonds. The summed E-state index contributed by atoms with van der Waals surface area (Å²) in [6.07, 6.45) is 6.40. The third-order valence-electron chi connectivity index (χ3n) is 4.47. The van der Waals surface area contributed by atoms with Crippen LogP contribution in [-0.2, 0) is 4.79 Å². The molecular formula is C14H24N2O3. The number of carboxylic acid groups (broad SMARTS) is 1. The number of amides is 2. The number of piperidine rings is 1. The Bertz CT molecular complexity index is 346. The van der Waals surface area contributed by atoms with E-state index in [0.717, 1.165) is 32.2 Å². The number of nitrogens with zero attached hydrogens (tertiary/aromatic N) is 1. The zero-order valence-electron chi connectivity index (χ0n) is 11.6. The lowest BCUT2D eigenvalue weighted by atomic mass is 10.0. The molecule has 0 radical (unpaired) electrons. The highest BCUT2D eigenvalue weighted by molar-refractivity contribution is 5.75. The van der Waals surface area contributed by atoms with Crippen molar-refractivity contribution in [2.24, 2.45) is 5.92 Å². The van der Waals surface area contributed by atoms with Crippen molar-refractivity contribution in [3.8, 4) is 0 Å². The van der Waals surface area contributed by atoms with Gasteiger partial charge in [0.2, 0.25) is 0 Å². The lowest BCUT2D eigenvalue weighted by Crippen LogP contribution is -2.50. The van der Waals surface area contributed by atoms with Gasteiger partial charge in [-0.3, -0.25) is 4.79 Å². The number of hydrogen-bond acceptors (Lipinski definition) is 2. The van der Waals surface area contributed by atoms with E-state index in [-0.39, 0.29) is 18.0 Å². The summed E-state index contributed by atoms with van der Waals surface area (Å²) >= 11 is 0. The first-order valence-corrected chi connectivity index (χ1v) is 7.41. The highest BCUT2D eigenvalue weighted by Gasteiger charge is 2.32. The molecule has 1 aliphatic heterocycles. The first kappa shape index (κ1) is 14.2. The average molecular weight is 268 g/mol. The van der Waals surface area contributed by atoms with Gasteiger partial charge in [-0.2, -0.15) is 0 Å². The fourth-order valence-electron chi connectivity index (χ4n) is 3.29. The van der Waals surface area contributed by atoms with Gasteiger partial charge in [-0.05, 0) is 44.9 Å². The van der Waals surface area contributed by atoms with Gasteiger partial charge in [0.15, 0.2) is 0 Å². The summed E-state index contributed by atoms with van der Waals surface area (Å²) in [4.78, 5) is 25.1. The van der Waals surface area contributed by atoms with E-state index < -0.39 is 5.97 Å². The molecule has 3 unspecified atom stereocenters. The van der Waals surface area contributed by atoms with Crippen LogP contribution in [0.1, 0.15) is 51.9 Å². The van der Waals surface area contributed by atoms with E-state index in [1.807, 2.05) is 4.90 Å². The van der Waals surface area contributed by atoms with Crippen LogP contribution in [-0.4, -0.2) is 40.6 Å². The molecule has 108 valence electrons. The fraction of sp³-hybridized carbons (Fsp3) is 0.857. The van der Waals surface area contributed by atoms with Crippen molar-refractivity contribution < 1.29 is 14.7 Å². The number of rotatable bonds is 3. The van der Waals surface area contributed by atoms with Gasteiger partial charge in [-0.1, -0.05) is 6.92 Å². The normalized spacial score (nSPS) is 31.2. The fourth-order valence-corrected chi connectivity index (χ4v) is 3.29. The van der Waals surface area contributed by atoms with E-state index in [0.29, 0.717) is 18.9 Å². The molecule has 2 fully saturated rings. The van der Waals surface area contributed by atoms with Crippen molar-refractivity contribution in [3.05, 3.63) is 0 Å². The minimum absolute atomic E-state index is 0.00240. The van der Waals surface area contributed by atoms with Crippen LogP contribution < -0.4 is 5.32 Å². The zero-order chi connectivity index (χ0) is 13.8. The summed E-state index contributed by atoms with van der Waals surface area (Å²) in [5.41, 5.74) is 0. The number of urea groups is 1. The van der Waals surface area contributed by atoms with Gasteiger partial charge in [0.05, 0.1) is 5.92 Å². The minimum atomic E-state index is -0.735. The number of hydrogen-bond donors (Lipinski definition) is 2. The Morgan fingerprint density at radius 2 is 2.05 bits per heavy atom. The molecular weight excluding hydrogens is 244 g/mol. The molecule has 1 saturated carbocycles. The van der Waals surface area contributed by atoms with Crippen molar-refractivity contribution in [1.29, 1.82) is 0 Å². The molecule has 0 bridgehead atoms. The summed E-state index contributed by atoms with van der Waals surface area (Å²) in [5, 5.41) is 12.0. The minimum Gasteiger partial charge on any atom is -0.481 e. The predicted octanol–water partition coefficient (Wildman–Crippen LogP) is 2.21. The first-order chi connectivity index (χ1) is 9.11. The first-order valence-electron chi connectivity index (χ1n) is 7.41. The quantitative estimate of drug-likeness (QED) is 0.824. The second kappa shape index (κ2) is 6.26. The second-order valence-electron chi connectivity index (χ2n) is 5.75. The van der Waals surface area contributed by atoms with Gasteiger partial charge in [-0.15, -0.1) is 0 Å². The van der Waals surface area contributed by atoms with Gasteiger partial charge in [-0.25, -0.2) is 4.79 Å². The maximum Gasteiger partial charge on any atom is 0.317 e. The van der Waals surface area contributed by atoms with Gasteiger partial charge in [0, 0.05) is 18.6 Å². The SMILES string of the molecule is CCC1CCCCN1C(=O)NC1CCC(C(=O)O)C1. The highest BCUT2D eigenvalue weighted by atomic mass is 16.4. The van der Waals surface area contributed by atoms with E-state index in [2.05, 4.69) is 12.2 Å². The van der Waals surface area contributed by atoms with E-state index in [4.69, 9.17) is 5.11 Å². The van der Waals surface area contributed by atoms with Crippen LogP contribution >= 0.6 is 0 Å². The Hall–Kier alpha value is -1.26. The smallest absolute Gasteiger partial charge is 0.317 e. The van der Waals surface area contributed by atoms with Gasteiger partial charge in [0.25, 0.3) is 0 Å². The molecule has 3 atom stereocenters. The summed E-state index contributed by atoms with van der Waals surface area (Å²) in [7, 11) is 0. The van der Waals surface area contributed by atoms with Gasteiger partial charge >= 0.3 is 12.0 Å². The molecule has 1 heterocycles. The maximum absolute atomic E-state index is 12.3. The number of carbonyl (C=O) groups is 2. The standard InChI is InChI=1S/C14H24N2O3/c1-2-12-5-3-4-8-16(12)14(19)15-11-7-6-10(9-11)13(17)18/h10-12H,2-9H2,1H3,(H,15,19)(H,17,18). The molecule has 1 saturated heterocycles. The second-order valence-corrected chi connectivity index (χ2v) is 5.75. The molecule has 0 aromatic rings. The van der Waals surface area contributed by atoms with Crippen LogP contribution in [0, 0.1) is 5.92 Å². The Kier molecular flexibility index (Phi) is 4.66. The lowest BCUT2D eigenvalue weighted by Gasteiger charge is -2.36. The number of nitrogens with one attached hydrogen (secondary N) is 1. The molecule has 1 aliphatic carbocycles. The highest BCUT2D eigenvalue weighted by Crippen LogP contribution is 2.26. The molecule has 5 heteroatoms. The molecule has 0 spiro atoms. The summed E-state index contributed by atoms with van der Waals surface area (Å²) in [6, 6.07) is 0.390. The van der Waals surface area contributed by atoms with Crippen molar-refractivity contribution >= 4 is 12.0 Å². The lowest BCUT2D eigenvalue weighted by molar-refractivity contribution is -0.141. The largest absolute Gasteiger partial charge is 0.481 e. The average Bonchev–Trinajstić information content (AvgIpc) is 2.87. The monoisotopic (exact) mass is 268 g/mol. The molecule has 0 aromatic heterocycles. The van der Waals surface area contributed by atoms with Crippen LogP contribution in [0.15, 0.2) is 0 Å². The van der Waals surface area contributed by atoms with Crippen LogP contribution in [0.3, 0.4) is 0 Å². The van der Waals surface area contributed by atoms with Crippen molar-refractivity contribution in [3.63, 3.8) is 0 Å². The number of aliphatic carboxylic acids is 1. The number of likely N-dealkylation sites (tertiary alicyclic amines) is 1. The number of carboxylic acids is 1. The Labute approximate surface area is 114 Å².